The van der Waals surface area contributed by atoms with Gasteiger partial charge in [-0.25, -0.2) is 12.8 Å². The molecule has 3 atom stereocenters. The van der Waals surface area contributed by atoms with Crippen LogP contribution in [0.15, 0.2) is 53.4 Å². The summed E-state index contributed by atoms with van der Waals surface area (Å²) >= 11 is 0. The van der Waals surface area contributed by atoms with Crippen molar-refractivity contribution in [1.29, 1.82) is 0 Å². The molecule has 142 valence electrons. The maximum Gasteiger partial charge on any atom is 0.264 e. The number of aliphatic hydroxyl groups is 1. The van der Waals surface area contributed by atoms with Gasteiger partial charge in [0.1, 0.15) is 5.82 Å². The Morgan fingerprint density at radius 3 is 2.48 bits per heavy atom. The molecule has 0 unspecified atom stereocenters. The molecule has 6 nitrogen and oxygen atoms in total. The van der Waals surface area contributed by atoms with Gasteiger partial charge in [0.2, 0.25) is 5.91 Å². The predicted molar refractivity (Wildman–Crippen MR) is 97.3 cm³/mol. The first-order chi connectivity index (χ1) is 12.9. The number of halogens is 1. The molecular formula is C19H19FN2O4S. The van der Waals surface area contributed by atoms with Crippen LogP contribution >= 0.6 is 0 Å². The Morgan fingerprint density at radius 1 is 1.19 bits per heavy atom. The largest absolute Gasteiger partial charge is 0.394 e. The zero-order valence-corrected chi connectivity index (χ0v) is 15.4. The molecule has 2 aliphatic heterocycles. The molecule has 2 aliphatic rings. The van der Waals surface area contributed by atoms with Crippen LogP contribution < -0.4 is 4.31 Å². The van der Waals surface area contributed by atoms with E-state index >= 15 is 0 Å². The summed E-state index contributed by atoms with van der Waals surface area (Å²) in [5.41, 5.74) is 1.32. The van der Waals surface area contributed by atoms with E-state index in [1.165, 1.54) is 23.4 Å². The molecule has 0 spiro atoms. The van der Waals surface area contributed by atoms with E-state index in [2.05, 4.69) is 0 Å². The molecule has 1 amide bonds. The van der Waals surface area contributed by atoms with Gasteiger partial charge in [-0.1, -0.05) is 18.2 Å². The minimum absolute atomic E-state index is 0.00967. The van der Waals surface area contributed by atoms with E-state index in [4.69, 9.17) is 0 Å². The van der Waals surface area contributed by atoms with Gasteiger partial charge in [0.15, 0.2) is 0 Å². The third kappa shape index (κ3) is 2.62. The molecule has 0 saturated carbocycles. The molecule has 0 radical (unpaired) electrons. The highest BCUT2D eigenvalue weighted by molar-refractivity contribution is 7.92. The van der Waals surface area contributed by atoms with Crippen LogP contribution in [0.5, 0.6) is 0 Å². The van der Waals surface area contributed by atoms with Crippen LogP contribution in [0.1, 0.15) is 18.4 Å². The number of carbonyl (C=O) groups excluding carboxylic acids is 1. The fourth-order valence-corrected chi connectivity index (χ4v) is 5.77. The lowest BCUT2D eigenvalue weighted by molar-refractivity contribution is -0.147. The summed E-state index contributed by atoms with van der Waals surface area (Å²) in [6.07, 6.45) is 0. The van der Waals surface area contributed by atoms with Gasteiger partial charge in [0.05, 0.1) is 35.8 Å². The van der Waals surface area contributed by atoms with Gasteiger partial charge >= 0.3 is 0 Å². The molecule has 27 heavy (non-hydrogen) atoms. The van der Waals surface area contributed by atoms with Crippen molar-refractivity contribution in [3.8, 4) is 0 Å². The Morgan fingerprint density at radius 2 is 1.85 bits per heavy atom. The lowest BCUT2D eigenvalue weighted by Crippen LogP contribution is -2.70. The highest BCUT2D eigenvalue weighted by Crippen LogP contribution is 2.49. The number of likely N-dealkylation sites (tertiary alicyclic amines) is 1. The molecular weight excluding hydrogens is 371 g/mol. The number of para-hydroxylation sites is 1. The van der Waals surface area contributed by atoms with Crippen molar-refractivity contribution in [2.24, 2.45) is 0 Å². The van der Waals surface area contributed by atoms with Crippen molar-refractivity contribution >= 4 is 21.6 Å². The van der Waals surface area contributed by atoms with Gasteiger partial charge in [-0.15, -0.1) is 0 Å². The van der Waals surface area contributed by atoms with Gasteiger partial charge in [-0.05, 0) is 35.9 Å². The number of aliphatic hydroxyl groups excluding tert-OH is 1. The van der Waals surface area contributed by atoms with Crippen molar-refractivity contribution < 1.29 is 22.7 Å². The number of sulfonamides is 1. The average molecular weight is 390 g/mol. The lowest BCUT2D eigenvalue weighted by atomic mass is 9.72. The van der Waals surface area contributed by atoms with Crippen LogP contribution in [-0.2, 0) is 14.8 Å². The second kappa shape index (κ2) is 6.31. The third-order valence-electron chi connectivity index (χ3n) is 5.41. The Bertz CT molecular complexity index is 993. The van der Waals surface area contributed by atoms with E-state index in [0.717, 1.165) is 17.7 Å². The van der Waals surface area contributed by atoms with Crippen LogP contribution in [0.25, 0.3) is 0 Å². The minimum Gasteiger partial charge on any atom is -0.394 e. The summed E-state index contributed by atoms with van der Waals surface area (Å²) in [5.74, 6) is -0.829. The number of hydrogen-bond acceptors (Lipinski definition) is 4. The second-order valence-electron chi connectivity index (χ2n) is 6.82. The number of amides is 1. The molecule has 0 aliphatic carbocycles. The Hall–Kier alpha value is -2.45. The standard InChI is InChI=1S/C19H19FN2O4S/c1-12(24)22-17-10-21(27(25,26)14-8-6-13(20)7-9-14)16-5-3-2-4-15(16)19(17)18(22)11-23/h2-9,17-19,23H,10-11H2,1H3/t17-,18+,19+/m0/s1. The van der Waals surface area contributed by atoms with Crippen molar-refractivity contribution in [3.63, 3.8) is 0 Å². The van der Waals surface area contributed by atoms with E-state index in [-0.39, 0.29) is 42.0 Å². The number of nitrogens with zero attached hydrogens (tertiary/aromatic N) is 2. The zero-order chi connectivity index (χ0) is 19.3. The van der Waals surface area contributed by atoms with E-state index in [9.17, 15) is 22.7 Å². The number of anilines is 1. The SMILES string of the molecule is CC(=O)N1[C@H](CO)[C@@H]2c3ccccc3N(S(=O)(=O)c3ccc(F)cc3)C[C@@H]21. The number of hydrogen-bond donors (Lipinski definition) is 1. The van der Waals surface area contributed by atoms with Crippen molar-refractivity contribution in [3.05, 3.63) is 59.9 Å². The lowest BCUT2D eigenvalue weighted by Gasteiger charge is -2.58. The number of fused-ring (bicyclic) bond motifs is 3. The molecule has 1 saturated heterocycles. The van der Waals surface area contributed by atoms with Crippen molar-refractivity contribution in [2.45, 2.75) is 29.8 Å². The molecule has 1 fully saturated rings. The Kier molecular flexibility index (Phi) is 4.20. The molecule has 1 N–H and O–H groups in total. The normalized spacial score (nSPS) is 24.0. The second-order valence-corrected chi connectivity index (χ2v) is 8.68. The van der Waals surface area contributed by atoms with Gasteiger partial charge in [-0.2, -0.15) is 0 Å². The van der Waals surface area contributed by atoms with Crippen LogP contribution in [0, 0.1) is 5.82 Å². The van der Waals surface area contributed by atoms with Crippen molar-refractivity contribution in [1.82, 2.24) is 4.90 Å². The van der Waals surface area contributed by atoms with Crippen LogP contribution in [-0.4, -0.2) is 49.6 Å². The van der Waals surface area contributed by atoms with E-state index < -0.39 is 15.8 Å². The first-order valence-electron chi connectivity index (χ1n) is 8.63. The van der Waals surface area contributed by atoms with Crippen molar-refractivity contribution in [2.75, 3.05) is 17.5 Å². The molecule has 2 heterocycles. The highest BCUT2D eigenvalue weighted by atomic mass is 32.2. The topological polar surface area (TPSA) is 77.9 Å². The zero-order valence-electron chi connectivity index (χ0n) is 14.6. The Balaban J connectivity index is 1.81. The summed E-state index contributed by atoms with van der Waals surface area (Å²) in [7, 11) is -3.92. The van der Waals surface area contributed by atoms with Gasteiger partial charge in [-0.3, -0.25) is 9.10 Å². The third-order valence-corrected chi connectivity index (χ3v) is 7.21. The van der Waals surface area contributed by atoms with Gasteiger partial charge in [0.25, 0.3) is 10.0 Å². The molecule has 2 aromatic carbocycles. The number of rotatable bonds is 3. The monoisotopic (exact) mass is 390 g/mol. The summed E-state index contributed by atoms with van der Waals surface area (Å²) in [6, 6.07) is 11.1. The smallest absolute Gasteiger partial charge is 0.264 e. The highest BCUT2D eigenvalue weighted by Gasteiger charge is 2.55. The molecule has 0 aromatic heterocycles. The van der Waals surface area contributed by atoms with Crippen LogP contribution in [0.3, 0.4) is 0 Å². The van der Waals surface area contributed by atoms with Gasteiger partial charge < -0.3 is 10.0 Å². The quantitative estimate of drug-likeness (QED) is 0.866. The fraction of sp³-hybridized carbons (Fsp3) is 0.316. The number of benzene rings is 2. The van der Waals surface area contributed by atoms with E-state index in [1.807, 2.05) is 12.1 Å². The predicted octanol–water partition coefficient (Wildman–Crippen LogP) is 1.71. The minimum atomic E-state index is -3.92. The van der Waals surface area contributed by atoms with Gasteiger partial charge in [0, 0.05) is 12.8 Å². The summed E-state index contributed by atoms with van der Waals surface area (Å²) < 4.78 is 40.9. The first kappa shape index (κ1) is 17.9. The summed E-state index contributed by atoms with van der Waals surface area (Å²) in [4.78, 5) is 13.6. The average Bonchev–Trinajstić information content (AvgIpc) is 2.62. The number of carbonyl (C=O) groups is 1. The fourth-order valence-electron chi connectivity index (χ4n) is 4.26. The Labute approximate surface area is 156 Å². The molecule has 0 bridgehead atoms. The van der Waals surface area contributed by atoms with Crippen LogP contribution in [0.4, 0.5) is 10.1 Å². The summed E-state index contributed by atoms with van der Waals surface area (Å²) in [5, 5.41) is 9.74. The first-order valence-corrected chi connectivity index (χ1v) is 10.1. The molecule has 4 rings (SSSR count). The van der Waals surface area contributed by atoms with E-state index in [1.54, 1.807) is 17.0 Å². The molecule has 2 aromatic rings. The van der Waals surface area contributed by atoms with Crippen LogP contribution in [0.2, 0.25) is 0 Å². The van der Waals surface area contributed by atoms with E-state index in [0.29, 0.717) is 5.69 Å². The maximum absolute atomic E-state index is 13.2. The summed E-state index contributed by atoms with van der Waals surface area (Å²) in [6.45, 7) is 1.33. The molecule has 8 heteroatoms. The maximum atomic E-state index is 13.2.